The number of aromatic nitrogens is 4. The van der Waals surface area contributed by atoms with E-state index in [1.165, 1.54) is 4.68 Å². The van der Waals surface area contributed by atoms with Gasteiger partial charge in [0.1, 0.15) is 0 Å². The summed E-state index contributed by atoms with van der Waals surface area (Å²) in [4.78, 5) is 0. The molecule has 2 aromatic heterocycles. The van der Waals surface area contributed by atoms with Crippen molar-refractivity contribution in [3.8, 4) is 34.7 Å². The maximum atomic E-state index is 12.1. The van der Waals surface area contributed by atoms with Crippen molar-refractivity contribution in [1.82, 2.24) is 15.5 Å². The summed E-state index contributed by atoms with van der Waals surface area (Å²) in [5.74, 6) is -0.256. The highest BCUT2D eigenvalue weighted by molar-refractivity contribution is 5.56. The first-order valence-electron chi connectivity index (χ1n) is 7.69. The molecule has 2 aromatic carbocycles. The van der Waals surface area contributed by atoms with Crippen molar-refractivity contribution < 1.29 is 18.7 Å². The quantitative estimate of drug-likeness (QED) is 0.534. The molecule has 0 atom stereocenters. The molecule has 0 spiro atoms. The zero-order valence-corrected chi connectivity index (χ0v) is 13.6. The van der Waals surface area contributed by atoms with Gasteiger partial charge in [0.15, 0.2) is 5.95 Å². The predicted molar refractivity (Wildman–Crippen MR) is 85.7 cm³/mol. The summed E-state index contributed by atoms with van der Waals surface area (Å²) in [5.41, 5.74) is 3.75. The molecular weight excluding hydrogens is 320 g/mol. The Morgan fingerprint density at radius 1 is 0.840 bits per heavy atom. The Hall–Kier alpha value is -3.48. The van der Waals surface area contributed by atoms with Gasteiger partial charge < -0.3 is 14.0 Å². The lowest BCUT2D eigenvalue weighted by atomic mass is 10.1. The van der Waals surface area contributed by atoms with E-state index in [4.69, 9.17) is 8.94 Å². The number of aryl methyl sites for hydroxylation is 2. The second kappa shape index (κ2) is 5.86. The van der Waals surface area contributed by atoms with Gasteiger partial charge in [-0.25, -0.2) is 0 Å². The van der Waals surface area contributed by atoms with Gasteiger partial charge in [-0.05, 0) is 30.7 Å². The minimum absolute atomic E-state index is 0.0578. The summed E-state index contributed by atoms with van der Waals surface area (Å²) in [6.07, 6.45) is 0. The van der Waals surface area contributed by atoms with Crippen molar-refractivity contribution in [2.24, 2.45) is 0 Å². The van der Waals surface area contributed by atoms with E-state index in [0.717, 1.165) is 16.7 Å². The van der Waals surface area contributed by atoms with Gasteiger partial charge in [0.25, 0.3) is 0 Å². The summed E-state index contributed by atoms with van der Waals surface area (Å²) in [6.45, 7) is 3.97. The van der Waals surface area contributed by atoms with Crippen LogP contribution >= 0.6 is 0 Å². The first-order chi connectivity index (χ1) is 12.1. The molecule has 124 valence electrons. The largest absolute Gasteiger partial charge is 0.538 e. The number of hydrogen-bond acceptors (Lipinski definition) is 6. The lowest BCUT2D eigenvalue weighted by Crippen LogP contribution is -2.34. The molecule has 2 heterocycles. The van der Waals surface area contributed by atoms with Crippen LogP contribution in [0.5, 0.6) is 5.95 Å². The third-order valence-corrected chi connectivity index (χ3v) is 3.82. The van der Waals surface area contributed by atoms with Gasteiger partial charge >= 0.3 is 11.6 Å². The van der Waals surface area contributed by atoms with Crippen molar-refractivity contribution in [3.05, 3.63) is 59.7 Å². The number of benzene rings is 2. The molecular formula is C18H14N4O3. The van der Waals surface area contributed by atoms with Crippen molar-refractivity contribution >= 4 is 0 Å². The third kappa shape index (κ3) is 2.76. The number of nitrogens with zero attached hydrogens (tertiary/aromatic N) is 4. The maximum Gasteiger partial charge on any atom is 0.327 e. The van der Waals surface area contributed by atoms with Crippen LogP contribution in [0.25, 0.3) is 28.7 Å². The first-order valence-corrected chi connectivity index (χ1v) is 7.69. The van der Waals surface area contributed by atoms with Crippen LogP contribution in [0.2, 0.25) is 0 Å². The summed E-state index contributed by atoms with van der Waals surface area (Å²) in [6, 6.07) is 15.1. The number of hydrogen-bond donors (Lipinski definition) is 0. The Balaban J connectivity index is 1.77. The average Bonchev–Trinajstić information content (AvgIpc) is 3.23. The second-order valence-electron chi connectivity index (χ2n) is 5.73. The minimum atomic E-state index is -0.639. The van der Waals surface area contributed by atoms with Crippen LogP contribution in [0.3, 0.4) is 0 Å². The summed E-state index contributed by atoms with van der Waals surface area (Å²) in [5, 5.41) is 23.9. The van der Waals surface area contributed by atoms with E-state index in [9.17, 15) is 5.11 Å². The van der Waals surface area contributed by atoms with E-state index in [1.54, 1.807) is 0 Å². The molecule has 0 bridgehead atoms. The summed E-state index contributed by atoms with van der Waals surface area (Å²) >= 11 is 0. The normalized spacial score (nSPS) is 11.0. The highest BCUT2D eigenvalue weighted by atomic mass is 16.6. The van der Waals surface area contributed by atoms with Gasteiger partial charge in [-0.3, -0.25) is 0 Å². The van der Waals surface area contributed by atoms with Crippen LogP contribution in [0, 0.1) is 13.8 Å². The fourth-order valence-electron chi connectivity index (χ4n) is 2.42. The maximum absolute atomic E-state index is 12.1. The van der Waals surface area contributed by atoms with Gasteiger partial charge in [-0.15, -0.1) is 10.2 Å². The Morgan fingerprint density at radius 3 is 2.12 bits per heavy atom. The fraction of sp³-hybridized carbons (Fsp3) is 0.111. The molecule has 0 aliphatic carbocycles. The molecule has 25 heavy (non-hydrogen) atoms. The third-order valence-electron chi connectivity index (χ3n) is 3.82. The van der Waals surface area contributed by atoms with E-state index in [0.29, 0.717) is 11.6 Å². The van der Waals surface area contributed by atoms with Crippen LogP contribution < -0.4 is 9.79 Å². The van der Waals surface area contributed by atoms with Gasteiger partial charge in [0.2, 0.25) is 11.6 Å². The van der Waals surface area contributed by atoms with Crippen molar-refractivity contribution in [3.63, 3.8) is 0 Å². The summed E-state index contributed by atoms with van der Waals surface area (Å²) < 4.78 is 11.8. The molecule has 0 aliphatic rings. The highest BCUT2D eigenvalue weighted by Crippen LogP contribution is 2.26. The van der Waals surface area contributed by atoms with Gasteiger partial charge in [0.05, 0.1) is 5.27 Å². The standard InChI is InChI=1S/C18H14N4O3/c1-11-3-7-13(8-4-11)16-19-20-17(24-16)15-18(23)25-21-22(15)14-9-5-12(2)6-10-14/h3-10H,1-2H3. The predicted octanol–water partition coefficient (Wildman–Crippen LogP) is 2.36. The van der Waals surface area contributed by atoms with Crippen molar-refractivity contribution in [1.29, 1.82) is 0 Å². The molecule has 0 saturated carbocycles. The monoisotopic (exact) mass is 334 g/mol. The molecule has 0 amide bonds. The number of rotatable bonds is 3. The Kier molecular flexibility index (Phi) is 3.53. The van der Waals surface area contributed by atoms with Crippen molar-refractivity contribution in [2.45, 2.75) is 13.8 Å². The van der Waals surface area contributed by atoms with Crippen LogP contribution in [0.4, 0.5) is 0 Å². The molecule has 0 radical (unpaired) electrons. The van der Waals surface area contributed by atoms with E-state index < -0.39 is 5.95 Å². The molecule has 0 unspecified atom stereocenters. The Morgan fingerprint density at radius 2 is 1.44 bits per heavy atom. The van der Waals surface area contributed by atoms with Crippen molar-refractivity contribution in [2.75, 3.05) is 0 Å². The molecule has 7 heteroatoms. The molecule has 0 saturated heterocycles. The SMILES string of the molecule is Cc1ccc(-c2nnc(-c3c([O-])on[n+]3-c3ccc(C)cc3)o2)cc1. The van der Waals surface area contributed by atoms with E-state index in [1.807, 2.05) is 62.4 Å². The Labute approximate surface area is 143 Å². The van der Waals surface area contributed by atoms with Crippen LogP contribution in [-0.2, 0) is 0 Å². The summed E-state index contributed by atoms with van der Waals surface area (Å²) in [7, 11) is 0. The molecule has 0 fully saturated rings. The van der Waals surface area contributed by atoms with E-state index in [-0.39, 0.29) is 11.6 Å². The first kappa shape index (κ1) is 15.1. The van der Waals surface area contributed by atoms with E-state index >= 15 is 0 Å². The minimum Gasteiger partial charge on any atom is -0.538 e. The van der Waals surface area contributed by atoms with Crippen LogP contribution in [-0.4, -0.2) is 15.5 Å². The van der Waals surface area contributed by atoms with Crippen LogP contribution in [0.1, 0.15) is 11.1 Å². The average molecular weight is 334 g/mol. The van der Waals surface area contributed by atoms with Gasteiger partial charge in [-0.2, -0.15) is 0 Å². The van der Waals surface area contributed by atoms with Gasteiger partial charge in [-0.1, -0.05) is 35.4 Å². The smallest absolute Gasteiger partial charge is 0.327 e. The lowest BCUT2D eigenvalue weighted by molar-refractivity contribution is -0.660. The molecule has 0 N–H and O–H groups in total. The molecule has 7 nitrogen and oxygen atoms in total. The zero-order chi connectivity index (χ0) is 17.4. The fourth-order valence-corrected chi connectivity index (χ4v) is 2.42. The second-order valence-corrected chi connectivity index (χ2v) is 5.73. The Bertz CT molecular complexity index is 1020. The highest BCUT2D eigenvalue weighted by Gasteiger charge is 2.27. The van der Waals surface area contributed by atoms with E-state index in [2.05, 4.69) is 15.5 Å². The van der Waals surface area contributed by atoms with Gasteiger partial charge in [0, 0.05) is 17.7 Å². The molecule has 0 aliphatic heterocycles. The van der Waals surface area contributed by atoms with Crippen LogP contribution in [0.15, 0.2) is 57.5 Å². The molecule has 4 aromatic rings. The zero-order valence-electron chi connectivity index (χ0n) is 13.6. The molecule has 4 rings (SSSR count). The lowest BCUT2D eigenvalue weighted by Gasteiger charge is -1.96. The topological polar surface area (TPSA) is 91.9 Å².